The Bertz CT molecular complexity index is 825. The quantitative estimate of drug-likeness (QED) is 0.654. The van der Waals surface area contributed by atoms with Gasteiger partial charge in [0, 0.05) is 36.6 Å². The second-order valence-electron chi connectivity index (χ2n) is 5.52. The zero-order valence-electron chi connectivity index (χ0n) is 13.2. The van der Waals surface area contributed by atoms with E-state index in [0.717, 1.165) is 31.7 Å². The first-order valence-electron chi connectivity index (χ1n) is 7.33. The fourth-order valence-electron chi connectivity index (χ4n) is 2.32. The molecule has 0 atom stereocenters. The Morgan fingerprint density at radius 3 is 2.33 bits per heavy atom. The van der Waals surface area contributed by atoms with Crippen LogP contribution in [0.5, 0.6) is 0 Å². The van der Waals surface area contributed by atoms with Crippen LogP contribution in [-0.4, -0.2) is 35.6 Å². The molecule has 0 fully saturated rings. The molecule has 24 heavy (non-hydrogen) atoms. The Hall–Kier alpha value is -1.44. The summed E-state index contributed by atoms with van der Waals surface area (Å²) in [5.74, 6) is 0. The standard InChI is InChI=1S/C17H17ClN2O2S2/c1-20(2)11-5-3-10(4-6-11)17-19-16(12-7-8-14(18)23-12)13(24-17)9-15(21)22/h3-8,15,21-22H,9H2,1-2H3. The largest absolute Gasteiger partial charge is 0.378 e. The van der Waals surface area contributed by atoms with Crippen LogP contribution in [0.15, 0.2) is 36.4 Å². The highest BCUT2D eigenvalue weighted by Gasteiger charge is 2.18. The van der Waals surface area contributed by atoms with Crippen LogP contribution >= 0.6 is 34.3 Å². The Kier molecular flexibility index (Phi) is 5.22. The van der Waals surface area contributed by atoms with Crippen LogP contribution in [0.25, 0.3) is 21.1 Å². The van der Waals surface area contributed by atoms with Crippen molar-refractivity contribution in [1.29, 1.82) is 0 Å². The molecule has 0 aliphatic carbocycles. The summed E-state index contributed by atoms with van der Waals surface area (Å²) in [4.78, 5) is 8.54. The highest BCUT2D eigenvalue weighted by molar-refractivity contribution is 7.20. The van der Waals surface area contributed by atoms with Crippen molar-refractivity contribution in [2.24, 2.45) is 0 Å². The molecule has 0 radical (unpaired) electrons. The van der Waals surface area contributed by atoms with Gasteiger partial charge in [-0.2, -0.15) is 0 Å². The van der Waals surface area contributed by atoms with Crippen molar-refractivity contribution in [3.05, 3.63) is 45.6 Å². The molecule has 0 amide bonds. The summed E-state index contributed by atoms with van der Waals surface area (Å²) in [5, 5.41) is 19.6. The summed E-state index contributed by atoms with van der Waals surface area (Å²) >= 11 is 8.94. The van der Waals surface area contributed by atoms with E-state index in [1.54, 1.807) is 0 Å². The molecule has 2 heterocycles. The second kappa shape index (κ2) is 7.21. The number of aliphatic hydroxyl groups is 2. The lowest BCUT2D eigenvalue weighted by atomic mass is 10.2. The van der Waals surface area contributed by atoms with E-state index in [4.69, 9.17) is 16.6 Å². The predicted octanol–water partition coefficient (Wildman–Crippen LogP) is 4.11. The highest BCUT2D eigenvalue weighted by atomic mass is 35.5. The number of hydrogen-bond acceptors (Lipinski definition) is 6. The normalized spacial score (nSPS) is 11.2. The Morgan fingerprint density at radius 2 is 1.79 bits per heavy atom. The van der Waals surface area contributed by atoms with Crippen LogP contribution in [0.1, 0.15) is 4.88 Å². The number of thiophene rings is 1. The van der Waals surface area contributed by atoms with Gasteiger partial charge in [0.05, 0.1) is 14.9 Å². The van der Waals surface area contributed by atoms with Crippen molar-refractivity contribution in [1.82, 2.24) is 4.98 Å². The molecule has 0 aliphatic heterocycles. The van der Waals surface area contributed by atoms with Gasteiger partial charge in [-0.1, -0.05) is 11.6 Å². The van der Waals surface area contributed by atoms with Gasteiger partial charge < -0.3 is 15.1 Å². The summed E-state index contributed by atoms with van der Waals surface area (Å²) in [6, 6.07) is 11.9. The number of hydrogen-bond donors (Lipinski definition) is 2. The van der Waals surface area contributed by atoms with E-state index in [2.05, 4.69) is 0 Å². The Labute approximate surface area is 153 Å². The van der Waals surface area contributed by atoms with E-state index < -0.39 is 6.29 Å². The molecule has 3 aromatic rings. The summed E-state index contributed by atoms with van der Waals surface area (Å²) in [7, 11) is 4.00. The van der Waals surface area contributed by atoms with E-state index >= 15 is 0 Å². The topological polar surface area (TPSA) is 56.6 Å². The zero-order chi connectivity index (χ0) is 17.3. The molecule has 0 saturated carbocycles. The van der Waals surface area contributed by atoms with E-state index in [1.807, 2.05) is 55.4 Å². The maximum atomic E-state index is 9.37. The van der Waals surface area contributed by atoms with Gasteiger partial charge in [0.2, 0.25) is 0 Å². The molecule has 126 valence electrons. The van der Waals surface area contributed by atoms with Crippen LogP contribution in [0, 0.1) is 0 Å². The molecular formula is C17H17ClN2O2S2. The minimum absolute atomic E-state index is 0.151. The minimum Gasteiger partial charge on any atom is -0.378 e. The molecule has 7 heteroatoms. The number of nitrogens with zero attached hydrogens (tertiary/aromatic N) is 2. The molecule has 0 spiro atoms. The molecule has 0 saturated heterocycles. The van der Waals surface area contributed by atoms with Crippen LogP contribution < -0.4 is 4.90 Å². The van der Waals surface area contributed by atoms with Crippen molar-refractivity contribution < 1.29 is 10.2 Å². The summed E-state index contributed by atoms with van der Waals surface area (Å²) in [5.41, 5.74) is 2.90. The van der Waals surface area contributed by atoms with Crippen molar-refractivity contribution in [3.63, 3.8) is 0 Å². The van der Waals surface area contributed by atoms with Gasteiger partial charge in [-0.15, -0.1) is 22.7 Å². The summed E-state index contributed by atoms with van der Waals surface area (Å²) in [6.07, 6.45) is -1.25. The van der Waals surface area contributed by atoms with Crippen LogP contribution in [0.4, 0.5) is 5.69 Å². The summed E-state index contributed by atoms with van der Waals surface area (Å²) < 4.78 is 0.686. The lowest BCUT2D eigenvalue weighted by Gasteiger charge is -2.11. The third kappa shape index (κ3) is 3.79. The first-order chi connectivity index (χ1) is 11.4. The molecule has 3 rings (SSSR count). The van der Waals surface area contributed by atoms with Crippen LogP contribution in [0.2, 0.25) is 4.34 Å². The van der Waals surface area contributed by atoms with Gasteiger partial charge in [-0.05, 0) is 36.4 Å². The van der Waals surface area contributed by atoms with Crippen molar-refractivity contribution in [2.75, 3.05) is 19.0 Å². The molecule has 0 unspecified atom stereocenters. The average molecular weight is 381 g/mol. The second-order valence-corrected chi connectivity index (χ2v) is 8.32. The number of halogens is 1. The Morgan fingerprint density at radius 1 is 1.08 bits per heavy atom. The molecule has 2 aromatic heterocycles. The molecule has 4 nitrogen and oxygen atoms in total. The molecular weight excluding hydrogens is 364 g/mol. The monoisotopic (exact) mass is 380 g/mol. The van der Waals surface area contributed by atoms with Gasteiger partial charge in [-0.25, -0.2) is 4.98 Å². The SMILES string of the molecule is CN(C)c1ccc(-c2nc(-c3ccc(Cl)s3)c(CC(O)O)s2)cc1. The van der Waals surface area contributed by atoms with Gasteiger partial charge in [-0.3, -0.25) is 0 Å². The molecule has 0 bridgehead atoms. The molecule has 2 N–H and O–H groups in total. The summed E-state index contributed by atoms with van der Waals surface area (Å²) in [6.45, 7) is 0. The van der Waals surface area contributed by atoms with Gasteiger partial charge in [0.1, 0.15) is 5.01 Å². The Balaban J connectivity index is 2.01. The molecule has 0 aliphatic rings. The van der Waals surface area contributed by atoms with Crippen molar-refractivity contribution in [2.45, 2.75) is 12.7 Å². The third-order valence-corrected chi connectivity index (χ3v) is 5.87. The third-order valence-electron chi connectivity index (χ3n) is 3.50. The van der Waals surface area contributed by atoms with E-state index in [9.17, 15) is 10.2 Å². The van der Waals surface area contributed by atoms with Crippen molar-refractivity contribution >= 4 is 40.0 Å². The van der Waals surface area contributed by atoms with Crippen LogP contribution in [0.3, 0.4) is 0 Å². The number of rotatable bonds is 5. The number of aliphatic hydroxyl groups excluding tert-OH is 1. The van der Waals surface area contributed by atoms with Crippen LogP contribution in [-0.2, 0) is 6.42 Å². The number of benzene rings is 1. The lowest BCUT2D eigenvalue weighted by molar-refractivity contribution is -0.0375. The highest BCUT2D eigenvalue weighted by Crippen LogP contribution is 2.38. The zero-order valence-corrected chi connectivity index (χ0v) is 15.6. The number of aromatic nitrogens is 1. The smallest absolute Gasteiger partial charge is 0.156 e. The fourth-order valence-corrected chi connectivity index (χ4v) is 4.55. The van der Waals surface area contributed by atoms with E-state index in [-0.39, 0.29) is 6.42 Å². The van der Waals surface area contributed by atoms with Gasteiger partial charge >= 0.3 is 0 Å². The maximum Gasteiger partial charge on any atom is 0.156 e. The first-order valence-corrected chi connectivity index (χ1v) is 9.34. The predicted molar refractivity (Wildman–Crippen MR) is 102 cm³/mol. The molecule has 1 aromatic carbocycles. The van der Waals surface area contributed by atoms with E-state index in [1.165, 1.54) is 22.7 Å². The van der Waals surface area contributed by atoms with Gasteiger partial charge in [0.15, 0.2) is 6.29 Å². The lowest BCUT2D eigenvalue weighted by Crippen LogP contribution is -2.07. The number of thiazole rings is 1. The maximum absolute atomic E-state index is 9.37. The van der Waals surface area contributed by atoms with E-state index in [0.29, 0.717) is 4.34 Å². The number of anilines is 1. The van der Waals surface area contributed by atoms with Gasteiger partial charge in [0.25, 0.3) is 0 Å². The first kappa shape index (κ1) is 17.4. The minimum atomic E-state index is -1.40. The average Bonchev–Trinajstić information content (AvgIpc) is 3.13. The fraction of sp³-hybridized carbons (Fsp3) is 0.235. The van der Waals surface area contributed by atoms with Crippen molar-refractivity contribution in [3.8, 4) is 21.1 Å².